The molecule has 1 aliphatic rings. The smallest absolute Gasteiger partial charge is 0.475 e. The van der Waals surface area contributed by atoms with Crippen LogP contribution in [0, 0.1) is 5.82 Å². The number of likely N-dealkylation sites (N-methyl/N-ethyl adjacent to an activating group) is 1. The van der Waals surface area contributed by atoms with Crippen molar-refractivity contribution in [3.05, 3.63) is 79.9 Å². The number of benzene rings is 1. The lowest BCUT2D eigenvalue weighted by Gasteiger charge is -2.31. The van der Waals surface area contributed by atoms with E-state index in [1.165, 1.54) is 12.4 Å². The molecule has 0 aliphatic carbocycles. The van der Waals surface area contributed by atoms with Crippen molar-refractivity contribution in [3.63, 3.8) is 0 Å². The third-order valence-electron chi connectivity index (χ3n) is 5.73. The fourth-order valence-corrected chi connectivity index (χ4v) is 4.86. The van der Waals surface area contributed by atoms with Crippen LogP contribution in [0.15, 0.2) is 53.1 Å². The molecule has 16 heteroatoms. The third-order valence-corrected chi connectivity index (χ3v) is 6.94. The van der Waals surface area contributed by atoms with E-state index in [9.17, 15) is 35.9 Å². The van der Waals surface area contributed by atoms with Crippen LogP contribution in [0.25, 0.3) is 0 Å². The number of para-hydroxylation sites is 1. The first-order valence-corrected chi connectivity index (χ1v) is 11.8. The molecule has 0 fully saturated rings. The number of carbonyl (C=O) groups is 2. The van der Waals surface area contributed by atoms with Crippen LogP contribution in [0.2, 0.25) is 0 Å². The molecule has 1 unspecified atom stereocenters. The molecule has 210 valence electrons. The second kappa shape index (κ2) is 11.9. The van der Waals surface area contributed by atoms with Crippen molar-refractivity contribution < 1.29 is 41.0 Å². The Bertz CT molecular complexity index is 1460. The van der Waals surface area contributed by atoms with Crippen molar-refractivity contribution >= 4 is 28.9 Å². The monoisotopic (exact) mass is 577 g/mol. The summed E-state index contributed by atoms with van der Waals surface area (Å²) in [5.74, 6) is -3.94. The Morgan fingerprint density at radius 2 is 1.87 bits per heavy atom. The lowest BCUT2D eigenvalue weighted by Crippen LogP contribution is -2.36. The van der Waals surface area contributed by atoms with E-state index in [1.807, 2.05) is 24.3 Å². The molecule has 3 aromatic rings. The van der Waals surface area contributed by atoms with Crippen LogP contribution in [0.5, 0.6) is 0 Å². The topological polar surface area (TPSA) is 123 Å². The van der Waals surface area contributed by atoms with Gasteiger partial charge >= 0.3 is 17.8 Å². The summed E-state index contributed by atoms with van der Waals surface area (Å²) in [6.07, 6.45) is -5.41. The van der Waals surface area contributed by atoms with E-state index in [1.54, 1.807) is 11.9 Å². The minimum absolute atomic E-state index is 0.123. The Labute approximate surface area is 220 Å². The van der Waals surface area contributed by atoms with E-state index >= 15 is 0 Å². The highest BCUT2D eigenvalue weighted by Crippen LogP contribution is 2.38. The molecular weight excluding hydrogens is 556 g/mol. The Kier molecular flexibility index (Phi) is 9.01. The largest absolute Gasteiger partial charge is 0.490 e. The minimum Gasteiger partial charge on any atom is -0.475 e. The zero-order valence-electron chi connectivity index (χ0n) is 20.1. The van der Waals surface area contributed by atoms with Gasteiger partial charge in [-0.2, -0.15) is 27.1 Å². The predicted octanol–water partition coefficient (Wildman–Crippen LogP) is 3.34. The van der Waals surface area contributed by atoms with Gasteiger partial charge in [-0.3, -0.25) is 9.36 Å². The molecule has 0 saturated carbocycles. The maximum Gasteiger partial charge on any atom is 0.490 e. The van der Waals surface area contributed by atoms with E-state index in [-0.39, 0.29) is 17.3 Å². The van der Waals surface area contributed by atoms with Crippen LogP contribution in [-0.4, -0.2) is 51.1 Å². The second-order valence-corrected chi connectivity index (χ2v) is 9.44. The number of carboxylic acids is 1. The Morgan fingerprint density at radius 3 is 2.46 bits per heavy atom. The molecule has 0 bridgehead atoms. The van der Waals surface area contributed by atoms with Gasteiger partial charge in [0.2, 0.25) is 5.91 Å². The number of halogens is 6. The number of carboxylic acid groups (broad SMARTS) is 1. The van der Waals surface area contributed by atoms with Crippen molar-refractivity contribution in [2.45, 2.75) is 31.6 Å². The van der Waals surface area contributed by atoms with Gasteiger partial charge in [0, 0.05) is 29.7 Å². The second-order valence-electron chi connectivity index (χ2n) is 8.27. The lowest BCUT2D eigenvalue weighted by atomic mass is 9.91. The summed E-state index contributed by atoms with van der Waals surface area (Å²) in [6.45, 7) is -0.967. The maximum absolute atomic E-state index is 14.7. The Hall–Kier alpha value is -3.92. The average Bonchev–Trinajstić information content (AvgIpc) is 3.41. The van der Waals surface area contributed by atoms with E-state index in [0.29, 0.717) is 11.3 Å². The third kappa shape index (κ3) is 6.75. The number of nitrogens with zero attached hydrogens (tertiary/aromatic N) is 4. The van der Waals surface area contributed by atoms with Gasteiger partial charge in [-0.05, 0) is 24.1 Å². The molecule has 4 rings (SSSR count). The number of hydrogen-bond donors (Lipinski definition) is 2. The fourth-order valence-electron chi connectivity index (χ4n) is 3.72. The van der Waals surface area contributed by atoms with Gasteiger partial charge in [0.1, 0.15) is 12.1 Å². The van der Waals surface area contributed by atoms with E-state index in [4.69, 9.17) is 15.6 Å². The van der Waals surface area contributed by atoms with Crippen LogP contribution in [0.4, 0.5) is 32.0 Å². The number of nitrogens with two attached hydrogens (primary N) is 1. The van der Waals surface area contributed by atoms with Crippen molar-refractivity contribution in [1.82, 2.24) is 14.3 Å². The van der Waals surface area contributed by atoms with Crippen molar-refractivity contribution in [1.29, 1.82) is 0 Å². The number of fused-ring (bicyclic) bond motifs is 1. The van der Waals surface area contributed by atoms with Gasteiger partial charge in [0.25, 0.3) is 6.08 Å². The van der Waals surface area contributed by atoms with Gasteiger partial charge < -0.3 is 15.7 Å². The van der Waals surface area contributed by atoms with Crippen LogP contribution in [-0.2, 0) is 29.1 Å². The number of alkyl halides is 3. The average molecular weight is 578 g/mol. The summed E-state index contributed by atoms with van der Waals surface area (Å²) in [7, 11) is 1.69. The van der Waals surface area contributed by atoms with Gasteiger partial charge in [-0.1, -0.05) is 18.2 Å². The Balaban J connectivity index is 0.000000532. The van der Waals surface area contributed by atoms with Crippen LogP contribution in [0.3, 0.4) is 0 Å². The highest BCUT2D eigenvalue weighted by molar-refractivity contribution is 7.12. The maximum atomic E-state index is 14.7. The fraction of sp³-hybridized carbons (Fsp3) is 0.304. The van der Waals surface area contributed by atoms with Crippen molar-refractivity contribution in [2.24, 2.45) is 5.73 Å². The molecule has 2 aromatic heterocycles. The van der Waals surface area contributed by atoms with E-state index in [0.717, 1.165) is 31.8 Å². The summed E-state index contributed by atoms with van der Waals surface area (Å²) in [5.41, 5.74) is 6.05. The number of anilines is 1. The first-order valence-electron chi connectivity index (χ1n) is 11.0. The van der Waals surface area contributed by atoms with Gasteiger partial charge in [0.15, 0.2) is 0 Å². The molecule has 1 atom stereocenters. The lowest BCUT2D eigenvalue weighted by molar-refractivity contribution is -0.192. The van der Waals surface area contributed by atoms with Gasteiger partial charge in [-0.25, -0.2) is 18.7 Å². The summed E-state index contributed by atoms with van der Waals surface area (Å²) in [5, 5.41) is 10.9. The standard InChI is InChI=1S/C21H20F3N5O2S.C2HF3O2/c1-27-16-5-3-2-4-12(16)6-14(20(27)30)17-7-15(22)18(32-17)10-28-11-26-29(21(28)31)9-13(8-25)19(23)24;3-2(4,5)1(6)7/h2-5,7,11,14H,6,8-10,25H2,1H3;(H,6,7). The molecule has 1 aliphatic heterocycles. The summed E-state index contributed by atoms with van der Waals surface area (Å²) in [4.78, 5) is 36.6. The van der Waals surface area contributed by atoms with Crippen LogP contribution in [0.1, 0.15) is 21.2 Å². The molecule has 0 radical (unpaired) electrons. The Morgan fingerprint density at radius 1 is 1.23 bits per heavy atom. The first-order chi connectivity index (χ1) is 18.2. The number of hydrogen-bond acceptors (Lipinski definition) is 6. The van der Waals surface area contributed by atoms with Crippen LogP contribution >= 0.6 is 11.3 Å². The highest BCUT2D eigenvalue weighted by atomic mass is 32.1. The zero-order chi connectivity index (χ0) is 29.1. The van der Waals surface area contributed by atoms with Crippen LogP contribution < -0.4 is 16.3 Å². The quantitative estimate of drug-likeness (QED) is 0.434. The number of carbonyl (C=O) groups excluding carboxylic acids is 1. The van der Waals surface area contributed by atoms with Crippen molar-refractivity contribution in [2.75, 3.05) is 18.5 Å². The molecule has 0 spiro atoms. The zero-order valence-corrected chi connectivity index (χ0v) is 20.9. The molecule has 1 aromatic carbocycles. The molecule has 3 N–H and O–H groups in total. The number of amides is 1. The van der Waals surface area contributed by atoms with Gasteiger partial charge in [0.05, 0.1) is 23.9 Å². The molecule has 39 heavy (non-hydrogen) atoms. The summed E-state index contributed by atoms with van der Waals surface area (Å²) in [6, 6.07) is 8.89. The van der Waals surface area contributed by atoms with Gasteiger partial charge in [-0.15, -0.1) is 11.3 Å². The summed E-state index contributed by atoms with van der Waals surface area (Å²) < 4.78 is 74.1. The molecular formula is C23H21F6N5O4S. The van der Waals surface area contributed by atoms with Crippen molar-refractivity contribution in [3.8, 4) is 0 Å². The molecule has 1 amide bonds. The predicted molar refractivity (Wildman–Crippen MR) is 128 cm³/mol. The van der Waals surface area contributed by atoms with E-state index in [2.05, 4.69) is 5.10 Å². The SMILES string of the molecule is CN1C(=O)C(c2cc(F)c(Cn3cnn(CC(CN)=C(F)F)c3=O)s2)Cc2ccccc21.O=C(O)C(F)(F)F. The number of thiophene rings is 1. The summed E-state index contributed by atoms with van der Waals surface area (Å²) >= 11 is 1.11. The number of rotatable bonds is 6. The molecule has 9 nitrogen and oxygen atoms in total. The highest BCUT2D eigenvalue weighted by Gasteiger charge is 2.38. The minimum atomic E-state index is -5.08. The molecule has 0 saturated heterocycles. The number of aliphatic carboxylic acids is 1. The molecule has 3 heterocycles. The first kappa shape index (κ1) is 29.6. The normalized spacial score (nSPS) is 14.9. The van der Waals surface area contributed by atoms with E-state index < -0.39 is 54.3 Å². The number of aromatic nitrogens is 3.